The van der Waals surface area contributed by atoms with Gasteiger partial charge >= 0.3 is 0 Å². The molecule has 0 amide bonds. The summed E-state index contributed by atoms with van der Waals surface area (Å²) in [6, 6.07) is 29.0. The van der Waals surface area contributed by atoms with Crippen molar-refractivity contribution in [2.75, 3.05) is 12.4 Å². The van der Waals surface area contributed by atoms with Gasteiger partial charge in [-0.2, -0.15) is 0 Å². The molecule has 0 spiro atoms. The Morgan fingerprint density at radius 2 is 1.71 bits per heavy atom. The quantitative estimate of drug-likeness (QED) is 0.307. The number of ketones is 1. The van der Waals surface area contributed by atoms with E-state index < -0.39 is 0 Å². The molecular formula is C30H24BrNO2. The van der Waals surface area contributed by atoms with Crippen LogP contribution in [0.2, 0.25) is 0 Å². The average Bonchev–Trinajstić information content (AvgIpc) is 2.87. The Balaban J connectivity index is 1.54. The fourth-order valence-electron chi connectivity index (χ4n) is 5.50. The lowest BCUT2D eigenvalue weighted by Gasteiger charge is -2.37. The molecule has 4 aromatic carbocycles. The topological polar surface area (TPSA) is 38.3 Å². The lowest BCUT2D eigenvalue weighted by atomic mass is 9.71. The number of rotatable bonds is 3. The Hall–Kier alpha value is -3.37. The van der Waals surface area contributed by atoms with Gasteiger partial charge in [-0.1, -0.05) is 70.5 Å². The molecule has 0 saturated carbocycles. The number of fused-ring (bicyclic) bond motifs is 4. The molecule has 168 valence electrons. The van der Waals surface area contributed by atoms with E-state index in [2.05, 4.69) is 81.9 Å². The van der Waals surface area contributed by atoms with E-state index in [4.69, 9.17) is 4.74 Å². The monoisotopic (exact) mass is 509 g/mol. The first-order valence-corrected chi connectivity index (χ1v) is 12.4. The first-order valence-electron chi connectivity index (χ1n) is 11.6. The van der Waals surface area contributed by atoms with Gasteiger partial charge in [-0.3, -0.25) is 4.79 Å². The number of hydrogen-bond acceptors (Lipinski definition) is 3. The van der Waals surface area contributed by atoms with Crippen molar-refractivity contribution >= 4 is 43.7 Å². The number of carbonyl (C=O) groups is 1. The lowest BCUT2D eigenvalue weighted by molar-refractivity contribution is -0.116. The van der Waals surface area contributed by atoms with Crippen molar-refractivity contribution in [1.82, 2.24) is 0 Å². The summed E-state index contributed by atoms with van der Waals surface area (Å²) in [5.74, 6) is 1.20. The minimum absolute atomic E-state index is 0.144. The van der Waals surface area contributed by atoms with Crippen LogP contribution in [0.15, 0.2) is 95.0 Å². The van der Waals surface area contributed by atoms with Gasteiger partial charge in [-0.05, 0) is 70.1 Å². The largest absolute Gasteiger partial charge is 0.497 e. The number of halogens is 1. The first kappa shape index (κ1) is 21.2. The standard InChI is InChI=1S/C30H24BrNO2/c1-34-23-12-9-18(10-13-23)21-16-25-28-24-8-3-2-5-19(24)11-14-26(28)32-30(29(25)27(33)17-21)20-6-4-7-22(31)15-20/h2-15,21,30,32H,16-17H2,1H3/t21-,30+/m0/s1. The fourth-order valence-corrected chi connectivity index (χ4v) is 5.91. The summed E-state index contributed by atoms with van der Waals surface area (Å²) >= 11 is 3.61. The number of Topliss-reactive ketones (excluding diaryl/α,β-unsaturated/α-hetero) is 1. The molecule has 0 fully saturated rings. The molecule has 0 bridgehead atoms. The van der Waals surface area contributed by atoms with Crippen molar-refractivity contribution in [2.45, 2.75) is 24.8 Å². The number of benzene rings is 4. The molecule has 34 heavy (non-hydrogen) atoms. The Morgan fingerprint density at radius 1 is 0.882 bits per heavy atom. The molecule has 4 aromatic rings. The molecule has 0 aromatic heterocycles. The lowest BCUT2D eigenvalue weighted by Crippen LogP contribution is -2.29. The zero-order valence-corrected chi connectivity index (χ0v) is 20.4. The van der Waals surface area contributed by atoms with Crippen LogP contribution in [0, 0.1) is 0 Å². The van der Waals surface area contributed by atoms with Gasteiger partial charge in [-0.15, -0.1) is 0 Å². The summed E-state index contributed by atoms with van der Waals surface area (Å²) in [5, 5.41) is 6.10. The Kier molecular flexibility index (Phi) is 5.26. The number of anilines is 1. The Bertz CT molecular complexity index is 1450. The van der Waals surface area contributed by atoms with Gasteiger partial charge in [0, 0.05) is 27.7 Å². The van der Waals surface area contributed by atoms with Gasteiger partial charge < -0.3 is 10.1 Å². The third-order valence-corrected chi connectivity index (χ3v) is 7.59. The molecule has 0 saturated heterocycles. The van der Waals surface area contributed by atoms with E-state index in [9.17, 15) is 4.79 Å². The second kappa shape index (κ2) is 8.44. The van der Waals surface area contributed by atoms with Gasteiger partial charge in [0.25, 0.3) is 0 Å². The van der Waals surface area contributed by atoms with E-state index in [1.807, 2.05) is 24.3 Å². The maximum Gasteiger partial charge on any atom is 0.162 e. The zero-order valence-electron chi connectivity index (χ0n) is 18.8. The van der Waals surface area contributed by atoms with Crippen molar-refractivity contribution < 1.29 is 9.53 Å². The van der Waals surface area contributed by atoms with Gasteiger partial charge in [0.1, 0.15) is 5.75 Å². The molecule has 0 radical (unpaired) electrons. The molecule has 1 heterocycles. The molecule has 6 rings (SSSR count). The summed E-state index contributed by atoms with van der Waals surface area (Å²) in [4.78, 5) is 13.8. The third-order valence-electron chi connectivity index (χ3n) is 7.10. The van der Waals surface area contributed by atoms with E-state index in [0.717, 1.165) is 33.5 Å². The number of hydrogen-bond donors (Lipinski definition) is 1. The minimum Gasteiger partial charge on any atom is -0.497 e. The number of nitrogens with one attached hydrogen (secondary N) is 1. The molecular weight excluding hydrogens is 486 g/mol. The van der Waals surface area contributed by atoms with Crippen molar-refractivity contribution in [3.8, 4) is 5.75 Å². The number of methoxy groups -OCH3 is 1. The predicted molar refractivity (Wildman–Crippen MR) is 141 cm³/mol. The van der Waals surface area contributed by atoms with Gasteiger partial charge in [0.15, 0.2) is 5.78 Å². The minimum atomic E-state index is -0.162. The molecule has 3 nitrogen and oxygen atoms in total. The van der Waals surface area contributed by atoms with E-state index in [1.54, 1.807) is 7.11 Å². The van der Waals surface area contributed by atoms with Gasteiger partial charge in [-0.25, -0.2) is 0 Å². The van der Waals surface area contributed by atoms with Crippen LogP contribution in [0.25, 0.3) is 16.3 Å². The number of carbonyl (C=O) groups excluding carboxylic acids is 1. The van der Waals surface area contributed by atoms with Crippen molar-refractivity contribution in [3.63, 3.8) is 0 Å². The Morgan fingerprint density at radius 3 is 2.50 bits per heavy atom. The molecule has 2 atom stereocenters. The van der Waals surface area contributed by atoms with Crippen molar-refractivity contribution in [2.24, 2.45) is 0 Å². The van der Waals surface area contributed by atoms with Crippen LogP contribution in [0.4, 0.5) is 5.69 Å². The normalized spacial score (nSPS) is 19.4. The second-order valence-electron chi connectivity index (χ2n) is 9.04. The fraction of sp³-hybridized carbons (Fsp3) is 0.167. The summed E-state index contributed by atoms with van der Waals surface area (Å²) in [6.45, 7) is 0. The predicted octanol–water partition coefficient (Wildman–Crippen LogP) is 7.68. The number of allylic oxidation sites excluding steroid dienone is 1. The van der Waals surface area contributed by atoms with Crippen molar-refractivity contribution in [3.05, 3.63) is 112 Å². The molecule has 4 heteroatoms. The van der Waals surface area contributed by atoms with E-state index in [-0.39, 0.29) is 17.7 Å². The van der Waals surface area contributed by atoms with Crippen LogP contribution in [0.1, 0.15) is 41.5 Å². The molecule has 2 aliphatic rings. The van der Waals surface area contributed by atoms with Crippen LogP contribution in [0.3, 0.4) is 0 Å². The van der Waals surface area contributed by atoms with Gasteiger partial charge in [0.2, 0.25) is 0 Å². The van der Waals surface area contributed by atoms with Crippen molar-refractivity contribution in [1.29, 1.82) is 0 Å². The van der Waals surface area contributed by atoms with E-state index in [0.29, 0.717) is 6.42 Å². The highest BCUT2D eigenvalue weighted by Crippen LogP contribution is 2.51. The second-order valence-corrected chi connectivity index (χ2v) is 9.95. The first-order chi connectivity index (χ1) is 16.6. The summed E-state index contributed by atoms with van der Waals surface area (Å²) < 4.78 is 6.35. The Labute approximate surface area is 207 Å². The highest BCUT2D eigenvalue weighted by molar-refractivity contribution is 9.10. The average molecular weight is 510 g/mol. The molecule has 1 aliphatic heterocycles. The van der Waals surface area contributed by atoms with Crippen LogP contribution in [-0.2, 0) is 4.79 Å². The summed E-state index contributed by atoms with van der Waals surface area (Å²) in [5.41, 5.74) is 6.62. The van der Waals surface area contributed by atoms with Crippen LogP contribution >= 0.6 is 15.9 Å². The summed E-state index contributed by atoms with van der Waals surface area (Å²) in [7, 11) is 1.68. The zero-order chi connectivity index (χ0) is 23.2. The number of ether oxygens (including phenoxy) is 1. The molecule has 1 aliphatic carbocycles. The highest BCUT2D eigenvalue weighted by atomic mass is 79.9. The maximum atomic E-state index is 13.8. The van der Waals surface area contributed by atoms with Gasteiger partial charge in [0.05, 0.1) is 13.2 Å². The smallest absolute Gasteiger partial charge is 0.162 e. The van der Waals surface area contributed by atoms with Crippen LogP contribution in [0.5, 0.6) is 5.75 Å². The SMILES string of the molecule is COc1ccc([C@@H]2CC(=O)C3=C(C2)c2c(ccc4ccccc24)N[C@@H]3c2cccc(Br)c2)cc1. The maximum absolute atomic E-state index is 13.8. The van der Waals surface area contributed by atoms with E-state index in [1.165, 1.54) is 27.5 Å². The molecule has 1 N–H and O–H groups in total. The third kappa shape index (κ3) is 3.54. The molecule has 0 unspecified atom stereocenters. The van der Waals surface area contributed by atoms with Crippen LogP contribution in [-0.4, -0.2) is 12.9 Å². The van der Waals surface area contributed by atoms with E-state index >= 15 is 0 Å². The highest BCUT2D eigenvalue weighted by Gasteiger charge is 2.38. The van der Waals surface area contributed by atoms with Crippen LogP contribution < -0.4 is 10.1 Å². The summed E-state index contributed by atoms with van der Waals surface area (Å²) in [6.07, 6.45) is 1.35.